The van der Waals surface area contributed by atoms with Crippen LogP contribution in [0.3, 0.4) is 0 Å². The molecule has 0 heterocycles. The average Bonchev–Trinajstić information content (AvgIpc) is 3.09. The predicted molar refractivity (Wildman–Crippen MR) is 68.5 cm³/mol. The molecule has 3 heteroatoms. The normalized spacial score (nSPS) is 16.6. The second-order valence-corrected chi connectivity index (χ2v) is 5.03. The standard InChI is InChI=1S/C14H19NO2/c1-15(2)12-5-3-4-11(8-12)13(9-14(16)17)10-6-7-10/h3-5,8,10,13H,6-7,9H2,1-2H3,(H,16,17). The van der Waals surface area contributed by atoms with Crippen molar-refractivity contribution in [2.24, 2.45) is 5.92 Å². The van der Waals surface area contributed by atoms with Crippen LogP contribution < -0.4 is 4.90 Å². The first-order chi connectivity index (χ1) is 8.08. The molecule has 1 aromatic carbocycles. The van der Waals surface area contributed by atoms with E-state index in [1.54, 1.807) is 0 Å². The van der Waals surface area contributed by atoms with Gasteiger partial charge >= 0.3 is 5.97 Å². The Morgan fingerprint density at radius 1 is 1.47 bits per heavy atom. The van der Waals surface area contributed by atoms with Crippen LogP contribution in [0, 0.1) is 5.92 Å². The third-order valence-corrected chi connectivity index (χ3v) is 3.40. The summed E-state index contributed by atoms with van der Waals surface area (Å²) < 4.78 is 0. The molecule has 1 aliphatic rings. The van der Waals surface area contributed by atoms with Crippen LogP contribution in [0.5, 0.6) is 0 Å². The molecule has 1 N–H and O–H groups in total. The molecular formula is C14H19NO2. The molecule has 1 saturated carbocycles. The zero-order valence-electron chi connectivity index (χ0n) is 10.4. The second kappa shape index (κ2) is 4.78. The topological polar surface area (TPSA) is 40.5 Å². The van der Waals surface area contributed by atoms with E-state index in [0.717, 1.165) is 5.69 Å². The van der Waals surface area contributed by atoms with Crippen LogP contribution in [0.15, 0.2) is 24.3 Å². The Balaban J connectivity index is 2.22. The van der Waals surface area contributed by atoms with E-state index in [1.807, 2.05) is 31.1 Å². The number of hydrogen-bond donors (Lipinski definition) is 1. The van der Waals surface area contributed by atoms with E-state index in [-0.39, 0.29) is 12.3 Å². The van der Waals surface area contributed by atoms with Crippen molar-refractivity contribution in [1.29, 1.82) is 0 Å². The number of benzene rings is 1. The fraction of sp³-hybridized carbons (Fsp3) is 0.500. The van der Waals surface area contributed by atoms with Crippen LogP contribution in [-0.2, 0) is 4.79 Å². The van der Waals surface area contributed by atoms with E-state index in [9.17, 15) is 4.79 Å². The van der Waals surface area contributed by atoms with Crippen LogP contribution in [0.25, 0.3) is 0 Å². The highest BCUT2D eigenvalue weighted by Gasteiger charge is 2.33. The van der Waals surface area contributed by atoms with Crippen molar-refractivity contribution >= 4 is 11.7 Å². The first kappa shape index (κ1) is 12.0. The van der Waals surface area contributed by atoms with Gasteiger partial charge in [-0.3, -0.25) is 4.79 Å². The molecule has 0 saturated heterocycles. The molecule has 1 aromatic rings. The lowest BCUT2D eigenvalue weighted by molar-refractivity contribution is -0.137. The molecule has 1 unspecified atom stereocenters. The lowest BCUT2D eigenvalue weighted by Crippen LogP contribution is -2.11. The number of anilines is 1. The Bertz CT molecular complexity index is 410. The van der Waals surface area contributed by atoms with Gasteiger partial charge < -0.3 is 10.0 Å². The summed E-state index contributed by atoms with van der Waals surface area (Å²) in [7, 11) is 4.00. The van der Waals surface area contributed by atoms with E-state index in [4.69, 9.17) is 5.11 Å². The third-order valence-electron chi connectivity index (χ3n) is 3.40. The lowest BCUT2D eigenvalue weighted by Gasteiger charge is -2.18. The fourth-order valence-electron chi connectivity index (χ4n) is 2.28. The molecule has 0 spiro atoms. The molecule has 0 aromatic heterocycles. The van der Waals surface area contributed by atoms with Gasteiger partial charge in [0.25, 0.3) is 0 Å². The molecule has 92 valence electrons. The maximum absolute atomic E-state index is 10.9. The minimum Gasteiger partial charge on any atom is -0.481 e. The maximum Gasteiger partial charge on any atom is 0.303 e. The Hall–Kier alpha value is -1.51. The van der Waals surface area contributed by atoms with Crippen LogP contribution in [0.4, 0.5) is 5.69 Å². The van der Waals surface area contributed by atoms with Gasteiger partial charge in [-0.2, -0.15) is 0 Å². The van der Waals surface area contributed by atoms with E-state index in [0.29, 0.717) is 5.92 Å². The van der Waals surface area contributed by atoms with E-state index in [2.05, 4.69) is 12.1 Å². The summed E-state index contributed by atoms with van der Waals surface area (Å²) in [6.07, 6.45) is 2.59. The van der Waals surface area contributed by atoms with Gasteiger partial charge in [-0.25, -0.2) is 0 Å². The Labute approximate surface area is 102 Å². The summed E-state index contributed by atoms with van der Waals surface area (Å²) in [5.74, 6) is 0.0630. The molecular weight excluding hydrogens is 214 g/mol. The quantitative estimate of drug-likeness (QED) is 0.850. The van der Waals surface area contributed by atoms with Crippen molar-refractivity contribution < 1.29 is 9.90 Å². The highest BCUT2D eigenvalue weighted by Crippen LogP contribution is 2.44. The van der Waals surface area contributed by atoms with Crippen molar-refractivity contribution in [2.75, 3.05) is 19.0 Å². The summed E-state index contributed by atoms with van der Waals surface area (Å²) >= 11 is 0. The summed E-state index contributed by atoms with van der Waals surface area (Å²) in [4.78, 5) is 13.0. The molecule has 0 radical (unpaired) electrons. The Morgan fingerprint density at radius 3 is 2.71 bits per heavy atom. The Kier molecular flexibility index (Phi) is 3.36. The molecule has 2 rings (SSSR count). The molecule has 17 heavy (non-hydrogen) atoms. The molecule has 3 nitrogen and oxygen atoms in total. The minimum atomic E-state index is -0.697. The van der Waals surface area contributed by atoms with Crippen LogP contribution >= 0.6 is 0 Å². The van der Waals surface area contributed by atoms with Crippen LogP contribution in [0.1, 0.15) is 30.7 Å². The van der Waals surface area contributed by atoms with Crippen molar-refractivity contribution in [1.82, 2.24) is 0 Å². The largest absolute Gasteiger partial charge is 0.481 e. The monoisotopic (exact) mass is 233 g/mol. The summed E-state index contributed by atoms with van der Waals surface area (Å²) in [6, 6.07) is 8.24. The number of nitrogens with zero attached hydrogens (tertiary/aromatic N) is 1. The summed E-state index contributed by atoms with van der Waals surface area (Å²) in [5.41, 5.74) is 2.31. The van der Waals surface area contributed by atoms with Gasteiger partial charge in [-0.1, -0.05) is 12.1 Å². The maximum atomic E-state index is 10.9. The smallest absolute Gasteiger partial charge is 0.303 e. The van der Waals surface area contributed by atoms with Gasteiger partial charge in [0.05, 0.1) is 6.42 Å². The van der Waals surface area contributed by atoms with E-state index in [1.165, 1.54) is 18.4 Å². The lowest BCUT2D eigenvalue weighted by atomic mass is 9.91. The van der Waals surface area contributed by atoms with Crippen molar-refractivity contribution in [3.63, 3.8) is 0 Å². The number of aliphatic carboxylic acids is 1. The van der Waals surface area contributed by atoms with Gasteiger partial charge in [0.2, 0.25) is 0 Å². The second-order valence-electron chi connectivity index (χ2n) is 5.03. The SMILES string of the molecule is CN(C)c1cccc(C(CC(=O)O)C2CC2)c1. The fourth-order valence-corrected chi connectivity index (χ4v) is 2.28. The molecule has 1 aliphatic carbocycles. The highest BCUT2D eigenvalue weighted by molar-refractivity contribution is 5.68. The zero-order valence-corrected chi connectivity index (χ0v) is 10.4. The van der Waals surface area contributed by atoms with Crippen LogP contribution in [-0.4, -0.2) is 25.2 Å². The molecule has 0 aliphatic heterocycles. The van der Waals surface area contributed by atoms with Crippen LogP contribution in [0.2, 0.25) is 0 Å². The number of carbonyl (C=O) groups is 1. The molecule has 1 fully saturated rings. The van der Waals surface area contributed by atoms with Crippen molar-refractivity contribution in [3.8, 4) is 0 Å². The first-order valence-corrected chi connectivity index (χ1v) is 6.07. The number of carboxylic acids is 1. The minimum absolute atomic E-state index is 0.187. The van der Waals surface area contributed by atoms with Gasteiger partial charge in [0.15, 0.2) is 0 Å². The molecule has 0 amide bonds. The number of rotatable bonds is 5. The summed E-state index contributed by atoms with van der Waals surface area (Å²) in [5, 5.41) is 8.99. The van der Waals surface area contributed by atoms with Gasteiger partial charge in [-0.05, 0) is 42.4 Å². The van der Waals surface area contributed by atoms with E-state index < -0.39 is 5.97 Å². The Morgan fingerprint density at radius 2 is 2.18 bits per heavy atom. The van der Waals surface area contributed by atoms with Gasteiger partial charge in [-0.15, -0.1) is 0 Å². The predicted octanol–water partition coefficient (Wildman–Crippen LogP) is 2.72. The highest BCUT2D eigenvalue weighted by atomic mass is 16.4. The third kappa shape index (κ3) is 2.99. The molecule has 0 bridgehead atoms. The van der Waals surface area contributed by atoms with Crippen molar-refractivity contribution in [2.45, 2.75) is 25.2 Å². The number of hydrogen-bond acceptors (Lipinski definition) is 2. The van der Waals surface area contributed by atoms with Gasteiger partial charge in [0, 0.05) is 19.8 Å². The van der Waals surface area contributed by atoms with Crippen molar-refractivity contribution in [3.05, 3.63) is 29.8 Å². The summed E-state index contributed by atoms with van der Waals surface area (Å²) in [6.45, 7) is 0. The van der Waals surface area contributed by atoms with E-state index >= 15 is 0 Å². The average molecular weight is 233 g/mol. The number of carboxylic acid groups (broad SMARTS) is 1. The first-order valence-electron chi connectivity index (χ1n) is 6.07. The molecule has 1 atom stereocenters. The van der Waals surface area contributed by atoms with Gasteiger partial charge in [0.1, 0.15) is 0 Å². The zero-order chi connectivity index (χ0) is 12.4.